The highest BCUT2D eigenvalue weighted by Gasteiger charge is 2.29. The number of carbonyl (C=O) groups is 1. The van der Waals surface area contributed by atoms with E-state index in [-0.39, 0.29) is 18.2 Å². The molecule has 2 aliphatic rings. The first-order valence-corrected chi connectivity index (χ1v) is 11.1. The van der Waals surface area contributed by atoms with Crippen molar-refractivity contribution in [2.45, 2.75) is 64.1 Å². The van der Waals surface area contributed by atoms with E-state index in [1.807, 2.05) is 26.8 Å². The van der Waals surface area contributed by atoms with Crippen LogP contribution in [0.15, 0.2) is 27.8 Å². The lowest BCUT2D eigenvalue weighted by atomic mass is 10.1. The number of nitrogens with zero attached hydrogens (tertiary/aromatic N) is 3. The molecule has 0 saturated carbocycles. The van der Waals surface area contributed by atoms with E-state index in [0.717, 1.165) is 44.3 Å². The normalized spacial score (nSPS) is 22.1. The van der Waals surface area contributed by atoms with Gasteiger partial charge in [0.2, 0.25) is 0 Å². The van der Waals surface area contributed by atoms with Gasteiger partial charge in [-0.3, -0.25) is 9.89 Å². The molecule has 2 saturated heterocycles. The molecule has 1 aromatic rings. The molecular formula is C22H37N5O3. The summed E-state index contributed by atoms with van der Waals surface area (Å²) in [6.07, 6.45) is 6.02. The Bertz CT molecular complexity index is 692. The van der Waals surface area contributed by atoms with Gasteiger partial charge in [0.15, 0.2) is 5.96 Å². The van der Waals surface area contributed by atoms with Crippen molar-refractivity contribution in [1.29, 1.82) is 0 Å². The van der Waals surface area contributed by atoms with Gasteiger partial charge in [-0.25, -0.2) is 4.79 Å². The molecule has 0 aromatic carbocycles. The molecule has 0 bridgehead atoms. The molecular weight excluding hydrogens is 382 g/mol. The molecule has 2 atom stereocenters. The largest absolute Gasteiger partial charge is 0.468 e. The summed E-state index contributed by atoms with van der Waals surface area (Å²) in [4.78, 5) is 21.2. The highest BCUT2D eigenvalue weighted by Crippen LogP contribution is 2.24. The molecule has 8 heteroatoms. The van der Waals surface area contributed by atoms with Gasteiger partial charge >= 0.3 is 6.09 Å². The number of hydrogen-bond donors (Lipinski definition) is 2. The second-order valence-electron chi connectivity index (χ2n) is 9.13. The number of alkyl carbamates (subject to hydrolysis) is 1. The SMILES string of the molecule is CN=C(NCC(c1ccco1)N1CCCCC1)N1CCC(NC(=O)OC(C)(C)C)C1. The molecule has 0 aliphatic carbocycles. The summed E-state index contributed by atoms with van der Waals surface area (Å²) < 4.78 is 11.1. The van der Waals surface area contributed by atoms with Crippen LogP contribution in [0.4, 0.5) is 4.79 Å². The van der Waals surface area contributed by atoms with Crippen molar-refractivity contribution in [3.8, 4) is 0 Å². The lowest BCUT2D eigenvalue weighted by Crippen LogP contribution is -2.47. The maximum Gasteiger partial charge on any atom is 0.407 e. The lowest BCUT2D eigenvalue weighted by molar-refractivity contribution is 0.0507. The van der Waals surface area contributed by atoms with Crippen LogP contribution in [0, 0.1) is 0 Å². The number of nitrogens with one attached hydrogen (secondary N) is 2. The average Bonchev–Trinajstić information content (AvgIpc) is 3.37. The molecule has 2 aliphatic heterocycles. The zero-order valence-electron chi connectivity index (χ0n) is 18.8. The van der Waals surface area contributed by atoms with Gasteiger partial charge in [-0.2, -0.15) is 0 Å². The number of furan rings is 1. The first-order valence-electron chi connectivity index (χ1n) is 11.1. The molecule has 0 spiro atoms. The second-order valence-corrected chi connectivity index (χ2v) is 9.13. The van der Waals surface area contributed by atoms with Crippen molar-refractivity contribution in [2.24, 2.45) is 4.99 Å². The Labute approximate surface area is 180 Å². The highest BCUT2D eigenvalue weighted by atomic mass is 16.6. The van der Waals surface area contributed by atoms with E-state index in [2.05, 4.69) is 31.5 Å². The summed E-state index contributed by atoms with van der Waals surface area (Å²) >= 11 is 0. The third-order valence-corrected chi connectivity index (χ3v) is 5.58. The third kappa shape index (κ3) is 6.39. The van der Waals surface area contributed by atoms with Crippen LogP contribution in [0.25, 0.3) is 0 Å². The van der Waals surface area contributed by atoms with E-state index in [1.165, 1.54) is 19.3 Å². The number of amides is 1. The van der Waals surface area contributed by atoms with Crippen LogP contribution >= 0.6 is 0 Å². The smallest absolute Gasteiger partial charge is 0.407 e. The molecule has 168 valence electrons. The minimum atomic E-state index is -0.491. The fourth-order valence-electron chi connectivity index (χ4n) is 4.19. The quantitative estimate of drug-likeness (QED) is 0.564. The van der Waals surface area contributed by atoms with Gasteiger partial charge < -0.3 is 24.7 Å². The van der Waals surface area contributed by atoms with Gasteiger partial charge in [-0.15, -0.1) is 0 Å². The number of ether oxygens (including phenoxy) is 1. The molecule has 3 heterocycles. The molecule has 8 nitrogen and oxygen atoms in total. The van der Waals surface area contributed by atoms with Gasteiger partial charge in [-0.1, -0.05) is 6.42 Å². The topological polar surface area (TPSA) is 82.3 Å². The minimum absolute atomic E-state index is 0.0568. The van der Waals surface area contributed by atoms with Gasteiger partial charge in [0.05, 0.1) is 18.3 Å². The van der Waals surface area contributed by atoms with E-state index in [1.54, 1.807) is 13.3 Å². The molecule has 1 aromatic heterocycles. The Balaban J connectivity index is 1.54. The average molecular weight is 420 g/mol. The van der Waals surface area contributed by atoms with E-state index >= 15 is 0 Å². The molecule has 2 unspecified atom stereocenters. The number of piperidine rings is 1. The Morgan fingerprint density at radius 3 is 2.70 bits per heavy atom. The van der Waals surface area contributed by atoms with E-state index in [4.69, 9.17) is 9.15 Å². The van der Waals surface area contributed by atoms with E-state index in [0.29, 0.717) is 6.54 Å². The van der Waals surface area contributed by atoms with Crippen molar-refractivity contribution in [1.82, 2.24) is 20.4 Å². The fraction of sp³-hybridized carbons (Fsp3) is 0.727. The summed E-state index contributed by atoms with van der Waals surface area (Å²) in [6, 6.07) is 4.26. The van der Waals surface area contributed by atoms with E-state index in [9.17, 15) is 4.79 Å². The van der Waals surface area contributed by atoms with Gasteiger partial charge in [-0.05, 0) is 65.3 Å². The van der Waals surface area contributed by atoms with Crippen molar-refractivity contribution < 1.29 is 13.9 Å². The fourth-order valence-corrected chi connectivity index (χ4v) is 4.19. The van der Waals surface area contributed by atoms with Crippen LogP contribution in [-0.2, 0) is 4.74 Å². The van der Waals surface area contributed by atoms with Crippen LogP contribution in [0.3, 0.4) is 0 Å². The first kappa shape index (κ1) is 22.5. The number of likely N-dealkylation sites (tertiary alicyclic amines) is 2. The molecule has 2 N–H and O–H groups in total. The van der Waals surface area contributed by atoms with Gasteiger partial charge in [0.1, 0.15) is 11.4 Å². The van der Waals surface area contributed by atoms with Crippen molar-refractivity contribution in [3.05, 3.63) is 24.2 Å². The summed E-state index contributed by atoms with van der Waals surface area (Å²) in [7, 11) is 1.81. The maximum absolute atomic E-state index is 12.1. The molecule has 0 radical (unpaired) electrons. The molecule has 3 rings (SSSR count). The third-order valence-electron chi connectivity index (χ3n) is 5.58. The van der Waals surface area contributed by atoms with Gasteiger partial charge in [0.25, 0.3) is 0 Å². The summed E-state index contributed by atoms with van der Waals surface area (Å²) in [5.41, 5.74) is -0.491. The molecule has 1 amide bonds. The van der Waals surface area contributed by atoms with Crippen molar-refractivity contribution in [3.63, 3.8) is 0 Å². The Morgan fingerprint density at radius 2 is 2.07 bits per heavy atom. The number of carbonyl (C=O) groups excluding carboxylic acids is 1. The Kier molecular flexibility index (Phi) is 7.64. The van der Waals surface area contributed by atoms with Crippen LogP contribution in [0.5, 0.6) is 0 Å². The summed E-state index contributed by atoms with van der Waals surface area (Å²) in [6.45, 7) is 10.1. The van der Waals surface area contributed by atoms with Crippen LogP contribution in [0.1, 0.15) is 58.3 Å². The van der Waals surface area contributed by atoms with Crippen LogP contribution in [-0.4, -0.2) is 73.3 Å². The van der Waals surface area contributed by atoms with Gasteiger partial charge in [0, 0.05) is 26.7 Å². The zero-order chi connectivity index (χ0) is 21.6. The van der Waals surface area contributed by atoms with Crippen LogP contribution in [0.2, 0.25) is 0 Å². The highest BCUT2D eigenvalue weighted by molar-refractivity contribution is 5.80. The van der Waals surface area contributed by atoms with Crippen LogP contribution < -0.4 is 10.6 Å². The maximum atomic E-state index is 12.1. The number of aliphatic imine (C=N–C) groups is 1. The first-order chi connectivity index (χ1) is 14.4. The molecule has 30 heavy (non-hydrogen) atoms. The Morgan fingerprint density at radius 1 is 1.30 bits per heavy atom. The lowest BCUT2D eigenvalue weighted by Gasteiger charge is -2.34. The monoisotopic (exact) mass is 419 g/mol. The van der Waals surface area contributed by atoms with E-state index < -0.39 is 5.60 Å². The zero-order valence-corrected chi connectivity index (χ0v) is 18.8. The number of hydrogen-bond acceptors (Lipinski definition) is 5. The summed E-state index contributed by atoms with van der Waals surface area (Å²) in [5, 5.41) is 6.51. The number of rotatable bonds is 5. The Hall–Kier alpha value is -2.22. The predicted molar refractivity (Wildman–Crippen MR) is 118 cm³/mol. The molecule has 2 fully saturated rings. The second kappa shape index (κ2) is 10.2. The standard InChI is InChI=1S/C22H37N5O3/c1-22(2,3)30-21(28)25-17-10-13-27(16-17)20(23-4)24-15-18(19-9-8-14-29-19)26-11-6-5-7-12-26/h8-9,14,17-18H,5-7,10-13,15-16H2,1-4H3,(H,23,24)(H,25,28). The number of guanidine groups is 1. The van der Waals surface area contributed by atoms with Crippen molar-refractivity contribution >= 4 is 12.1 Å². The minimum Gasteiger partial charge on any atom is -0.468 e. The van der Waals surface area contributed by atoms with Crippen molar-refractivity contribution in [2.75, 3.05) is 39.8 Å². The predicted octanol–water partition coefficient (Wildman–Crippen LogP) is 2.98. The summed E-state index contributed by atoms with van der Waals surface area (Å²) in [5.74, 6) is 1.85.